The molecule has 110 valence electrons. The highest BCUT2D eigenvalue weighted by Gasteiger charge is 2.18. The van der Waals surface area contributed by atoms with Crippen LogP contribution in [0.1, 0.15) is 18.4 Å². The van der Waals surface area contributed by atoms with Gasteiger partial charge in [0.2, 0.25) is 5.16 Å². The van der Waals surface area contributed by atoms with Crippen molar-refractivity contribution in [3.63, 3.8) is 0 Å². The highest BCUT2D eigenvalue weighted by molar-refractivity contribution is 7.99. The Hall–Kier alpha value is -1.66. The number of rotatable bonds is 6. The molecule has 0 saturated carbocycles. The van der Waals surface area contributed by atoms with Gasteiger partial charge in [-0.15, -0.1) is 5.10 Å². The maximum atomic E-state index is 5.63. The summed E-state index contributed by atoms with van der Waals surface area (Å²) in [6.07, 6.45) is 6.73. The molecule has 0 radical (unpaired) electrons. The number of hydrogen-bond donors (Lipinski definition) is 0. The molecule has 0 aliphatic carbocycles. The summed E-state index contributed by atoms with van der Waals surface area (Å²) in [5.41, 5.74) is 1.21. The normalized spacial score (nSPS) is 18.6. The lowest BCUT2D eigenvalue weighted by molar-refractivity contribution is 0.0912. The molecule has 1 saturated heterocycles. The fraction of sp³-hybridized carbons (Fsp3) is 0.400. The quantitative estimate of drug-likeness (QED) is 0.768. The molecule has 1 aromatic heterocycles. The summed E-state index contributed by atoms with van der Waals surface area (Å²) in [7, 11) is 0. The van der Waals surface area contributed by atoms with Gasteiger partial charge in [-0.3, -0.25) is 0 Å². The van der Waals surface area contributed by atoms with Crippen LogP contribution < -0.4 is 0 Å². The summed E-state index contributed by atoms with van der Waals surface area (Å²) in [6, 6.07) is 10.3. The lowest BCUT2D eigenvalue weighted by Gasteiger charge is -2.09. The van der Waals surface area contributed by atoms with E-state index in [9.17, 15) is 0 Å². The zero-order valence-corrected chi connectivity index (χ0v) is 12.6. The minimum absolute atomic E-state index is 0.257. The number of aromatic nitrogens is 4. The topological polar surface area (TPSA) is 52.8 Å². The van der Waals surface area contributed by atoms with Gasteiger partial charge in [0, 0.05) is 12.4 Å². The van der Waals surface area contributed by atoms with Crippen molar-refractivity contribution in [1.82, 2.24) is 20.2 Å². The lowest BCUT2D eigenvalue weighted by atomic mass is 10.2. The molecular weight excluding hydrogens is 284 g/mol. The van der Waals surface area contributed by atoms with Gasteiger partial charge >= 0.3 is 0 Å². The van der Waals surface area contributed by atoms with Crippen LogP contribution in [0.25, 0.3) is 6.08 Å². The Balaban J connectivity index is 1.51. The SMILES string of the molecule is C(=C\c1ccccc1)/CSc1nnnn1C[C@@H]1CCCO1. The number of ether oxygens (including phenoxy) is 1. The average molecular weight is 302 g/mol. The van der Waals surface area contributed by atoms with E-state index in [0.29, 0.717) is 0 Å². The molecule has 2 aromatic rings. The Kier molecular flexibility index (Phi) is 5.02. The lowest BCUT2D eigenvalue weighted by Crippen LogP contribution is -2.16. The smallest absolute Gasteiger partial charge is 0.209 e. The molecule has 1 aliphatic rings. The third-order valence-corrected chi connectivity index (χ3v) is 4.23. The predicted octanol–water partition coefficient (Wildman–Crippen LogP) is 2.66. The molecule has 0 N–H and O–H groups in total. The van der Waals surface area contributed by atoms with Gasteiger partial charge in [-0.2, -0.15) is 0 Å². The van der Waals surface area contributed by atoms with Gasteiger partial charge < -0.3 is 4.74 Å². The number of benzene rings is 1. The van der Waals surface area contributed by atoms with Crippen molar-refractivity contribution in [3.05, 3.63) is 42.0 Å². The Labute approximate surface area is 128 Å². The molecule has 1 fully saturated rings. The zero-order valence-electron chi connectivity index (χ0n) is 11.8. The van der Waals surface area contributed by atoms with Crippen LogP contribution in [-0.4, -0.2) is 38.7 Å². The minimum Gasteiger partial charge on any atom is -0.376 e. The maximum Gasteiger partial charge on any atom is 0.209 e. The van der Waals surface area contributed by atoms with Crippen molar-refractivity contribution in [3.8, 4) is 0 Å². The molecule has 1 atom stereocenters. The zero-order chi connectivity index (χ0) is 14.3. The van der Waals surface area contributed by atoms with Crippen LogP contribution in [-0.2, 0) is 11.3 Å². The molecule has 1 aromatic carbocycles. The summed E-state index contributed by atoms with van der Waals surface area (Å²) >= 11 is 1.64. The Morgan fingerprint density at radius 2 is 2.24 bits per heavy atom. The predicted molar refractivity (Wildman–Crippen MR) is 83.0 cm³/mol. The highest BCUT2D eigenvalue weighted by atomic mass is 32.2. The molecule has 0 unspecified atom stereocenters. The number of nitrogens with zero attached hydrogens (tertiary/aromatic N) is 4. The van der Waals surface area contributed by atoms with Crippen molar-refractivity contribution in [2.24, 2.45) is 0 Å². The number of tetrazole rings is 1. The summed E-state index contributed by atoms with van der Waals surface area (Å²) in [5.74, 6) is 0.848. The maximum absolute atomic E-state index is 5.63. The first-order chi connectivity index (χ1) is 10.4. The second kappa shape index (κ2) is 7.38. The molecular formula is C15H18N4OS. The van der Waals surface area contributed by atoms with Crippen molar-refractivity contribution in [1.29, 1.82) is 0 Å². The Morgan fingerprint density at radius 3 is 3.05 bits per heavy atom. The van der Waals surface area contributed by atoms with E-state index in [-0.39, 0.29) is 6.10 Å². The summed E-state index contributed by atoms with van der Waals surface area (Å²) in [5, 5.41) is 12.7. The Bertz CT molecular complexity index is 578. The molecule has 3 rings (SSSR count). The first kappa shape index (κ1) is 14.3. The molecule has 0 bridgehead atoms. The molecule has 21 heavy (non-hydrogen) atoms. The van der Waals surface area contributed by atoms with Crippen molar-refractivity contribution < 1.29 is 4.74 Å². The number of thioether (sulfide) groups is 1. The van der Waals surface area contributed by atoms with Gasteiger partial charge in [0.15, 0.2) is 0 Å². The molecule has 5 nitrogen and oxygen atoms in total. The van der Waals surface area contributed by atoms with Crippen LogP contribution in [0.4, 0.5) is 0 Å². The van der Waals surface area contributed by atoms with Gasteiger partial charge in [0.1, 0.15) is 0 Å². The average Bonchev–Trinajstić information content (AvgIpc) is 3.18. The van der Waals surface area contributed by atoms with Crippen LogP contribution >= 0.6 is 11.8 Å². The van der Waals surface area contributed by atoms with E-state index in [4.69, 9.17) is 4.74 Å². The van der Waals surface area contributed by atoms with Crippen LogP contribution in [0.5, 0.6) is 0 Å². The largest absolute Gasteiger partial charge is 0.376 e. The van der Waals surface area contributed by atoms with E-state index in [2.05, 4.69) is 39.8 Å². The fourth-order valence-electron chi connectivity index (χ4n) is 2.27. The van der Waals surface area contributed by atoms with Crippen LogP contribution in [0.3, 0.4) is 0 Å². The third-order valence-electron chi connectivity index (χ3n) is 3.32. The first-order valence-corrected chi connectivity index (χ1v) is 8.12. The fourth-order valence-corrected chi connectivity index (χ4v) is 2.96. The van der Waals surface area contributed by atoms with Crippen molar-refractivity contribution in [2.75, 3.05) is 12.4 Å². The van der Waals surface area contributed by atoms with Crippen LogP contribution in [0, 0.1) is 0 Å². The second-order valence-electron chi connectivity index (χ2n) is 4.90. The Morgan fingerprint density at radius 1 is 1.33 bits per heavy atom. The van der Waals surface area contributed by atoms with E-state index in [0.717, 1.165) is 36.9 Å². The van der Waals surface area contributed by atoms with E-state index >= 15 is 0 Å². The standard InChI is InChI=1S/C15H18N4OS/c1-2-6-13(7-3-1)8-5-11-21-15-16-17-18-19(15)12-14-9-4-10-20-14/h1-3,5-8,14H,4,9-12H2/b8-5+/t14-/m0/s1. The van der Waals surface area contributed by atoms with Crippen molar-refractivity contribution >= 4 is 17.8 Å². The highest BCUT2D eigenvalue weighted by Crippen LogP contribution is 2.18. The van der Waals surface area contributed by atoms with Crippen molar-refractivity contribution in [2.45, 2.75) is 30.6 Å². The third kappa shape index (κ3) is 4.15. The molecule has 0 spiro atoms. The molecule has 6 heteroatoms. The van der Waals surface area contributed by atoms with E-state index in [1.807, 2.05) is 22.9 Å². The van der Waals surface area contributed by atoms with Crippen LogP contribution in [0.2, 0.25) is 0 Å². The minimum atomic E-state index is 0.257. The molecule has 2 heterocycles. The molecule has 1 aliphatic heterocycles. The van der Waals surface area contributed by atoms with Crippen LogP contribution in [0.15, 0.2) is 41.6 Å². The summed E-state index contributed by atoms with van der Waals surface area (Å²) in [6.45, 7) is 1.60. The summed E-state index contributed by atoms with van der Waals surface area (Å²) < 4.78 is 7.47. The van der Waals surface area contributed by atoms with Gasteiger partial charge in [0.25, 0.3) is 0 Å². The number of hydrogen-bond acceptors (Lipinski definition) is 5. The van der Waals surface area contributed by atoms with E-state index < -0.39 is 0 Å². The van der Waals surface area contributed by atoms with Gasteiger partial charge in [-0.25, -0.2) is 4.68 Å². The van der Waals surface area contributed by atoms with Gasteiger partial charge in [0.05, 0.1) is 12.6 Å². The first-order valence-electron chi connectivity index (χ1n) is 7.14. The van der Waals surface area contributed by atoms with Gasteiger partial charge in [-0.1, -0.05) is 54.2 Å². The summed E-state index contributed by atoms with van der Waals surface area (Å²) in [4.78, 5) is 0. The molecule has 0 amide bonds. The monoisotopic (exact) mass is 302 g/mol. The van der Waals surface area contributed by atoms with Gasteiger partial charge in [-0.05, 0) is 28.8 Å². The van der Waals surface area contributed by atoms with E-state index in [1.54, 1.807) is 11.8 Å². The second-order valence-corrected chi connectivity index (χ2v) is 5.89. The van der Waals surface area contributed by atoms with E-state index in [1.165, 1.54) is 5.56 Å².